The largest absolute Gasteiger partial charge is 0.481 e. The van der Waals surface area contributed by atoms with Gasteiger partial charge in [-0.1, -0.05) is 72.2 Å². The van der Waals surface area contributed by atoms with Crippen LogP contribution in [0.1, 0.15) is 106 Å². The third-order valence-electron chi connectivity index (χ3n) is 12.7. The fourth-order valence-electron chi connectivity index (χ4n) is 9.32. The number of rotatable bonds is 10. The number of fused-ring (bicyclic) bond motifs is 1. The molecule has 5 fully saturated rings. The van der Waals surface area contributed by atoms with E-state index in [1.807, 2.05) is 52.0 Å². The highest BCUT2D eigenvalue weighted by molar-refractivity contribution is 6.48. The zero-order valence-corrected chi connectivity index (χ0v) is 33.0. The molecule has 292 valence electrons. The first-order valence-corrected chi connectivity index (χ1v) is 19.4. The van der Waals surface area contributed by atoms with Crippen LogP contribution in [-0.2, 0) is 36.7 Å². The van der Waals surface area contributed by atoms with Gasteiger partial charge in [0.05, 0.1) is 36.3 Å². The Hall–Kier alpha value is -3.36. The summed E-state index contributed by atoms with van der Waals surface area (Å²) in [4.78, 5) is 58.7. The van der Waals surface area contributed by atoms with Gasteiger partial charge in [-0.15, -0.1) is 0 Å². The number of aliphatic hydroxyl groups excluding tert-OH is 1. The van der Waals surface area contributed by atoms with Crippen LogP contribution in [0, 0.1) is 22.7 Å². The number of aliphatic hydroxyl groups is 1. The van der Waals surface area contributed by atoms with Crippen LogP contribution in [0.15, 0.2) is 24.3 Å². The van der Waals surface area contributed by atoms with Gasteiger partial charge >= 0.3 is 19.2 Å². The van der Waals surface area contributed by atoms with E-state index in [0.29, 0.717) is 31.3 Å². The minimum absolute atomic E-state index is 0.0192. The van der Waals surface area contributed by atoms with Crippen LogP contribution in [0.3, 0.4) is 0 Å². The third-order valence-corrected chi connectivity index (χ3v) is 12.7. The number of hydrogen-bond donors (Lipinski definition) is 4. The average molecular weight is 738 g/mol. The minimum atomic E-state index is -1.04. The Morgan fingerprint density at radius 3 is 2.26 bits per heavy atom. The molecular weight excluding hydrogens is 677 g/mol. The summed E-state index contributed by atoms with van der Waals surface area (Å²) in [7, 11) is -0.636. The topological polar surface area (TPSA) is 159 Å². The number of urea groups is 1. The molecule has 2 bridgehead atoms. The molecule has 3 aliphatic heterocycles. The molecule has 3 saturated carbocycles. The average Bonchev–Trinajstić information content (AvgIpc) is 3.80. The first kappa shape index (κ1) is 39.3. The SMILES string of the molecule is CCC[C@H](NC(=O)[C@@H]1C[C@@H](OC(=O)N2Cc3ccccc3C2)CN1C(=O)[C@@H](NC(=O)NC(C)(C)CO)C(C)(C)C)B1O[C@@H]2C[C@H]3C[C@H](C3(C)C)[C@]2(C)O1. The zero-order chi connectivity index (χ0) is 38.7. The van der Waals surface area contributed by atoms with Crippen LogP contribution in [0.25, 0.3) is 0 Å². The molecule has 4 N–H and O–H groups in total. The summed E-state index contributed by atoms with van der Waals surface area (Å²) < 4.78 is 19.4. The Bertz CT molecular complexity index is 1560. The second-order valence-corrected chi connectivity index (χ2v) is 18.6. The van der Waals surface area contributed by atoms with E-state index in [0.717, 1.165) is 30.4 Å². The highest BCUT2D eigenvalue weighted by Gasteiger charge is 2.68. The molecule has 2 saturated heterocycles. The van der Waals surface area contributed by atoms with Gasteiger partial charge in [0.2, 0.25) is 11.8 Å². The lowest BCUT2D eigenvalue weighted by Gasteiger charge is -2.64. The van der Waals surface area contributed by atoms with Gasteiger partial charge in [0.15, 0.2) is 0 Å². The Labute approximate surface area is 314 Å². The van der Waals surface area contributed by atoms with Crippen molar-refractivity contribution in [3.05, 3.63) is 35.4 Å². The van der Waals surface area contributed by atoms with Crippen LogP contribution < -0.4 is 16.0 Å². The van der Waals surface area contributed by atoms with E-state index >= 15 is 0 Å². The van der Waals surface area contributed by atoms with Crippen LogP contribution in [0.5, 0.6) is 0 Å². The molecule has 53 heavy (non-hydrogen) atoms. The predicted octanol–water partition coefficient (Wildman–Crippen LogP) is 4.15. The Morgan fingerprint density at radius 1 is 1.02 bits per heavy atom. The number of amides is 5. The molecule has 0 spiro atoms. The van der Waals surface area contributed by atoms with Crippen LogP contribution in [-0.4, -0.2) is 100 Å². The summed E-state index contributed by atoms with van der Waals surface area (Å²) in [6.07, 6.45) is 2.19. The van der Waals surface area contributed by atoms with Gasteiger partial charge in [0, 0.05) is 19.5 Å². The van der Waals surface area contributed by atoms with Gasteiger partial charge in [0.1, 0.15) is 18.2 Å². The molecule has 1 aromatic rings. The maximum Gasteiger partial charge on any atom is 0.481 e. The van der Waals surface area contributed by atoms with Crippen molar-refractivity contribution in [2.45, 2.75) is 149 Å². The van der Waals surface area contributed by atoms with Crippen molar-refractivity contribution in [1.82, 2.24) is 25.8 Å². The van der Waals surface area contributed by atoms with Gasteiger partial charge in [-0.25, -0.2) is 9.59 Å². The van der Waals surface area contributed by atoms with Crippen LogP contribution in [0.2, 0.25) is 0 Å². The number of benzene rings is 1. The smallest absolute Gasteiger partial charge is 0.444 e. The van der Waals surface area contributed by atoms with E-state index < -0.39 is 65.8 Å². The summed E-state index contributed by atoms with van der Waals surface area (Å²) in [5, 5.41) is 18.4. The lowest BCUT2D eigenvalue weighted by atomic mass is 9.43. The van der Waals surface area contributed by atoms with Crippen molar-refractivity contribution in [2.75, 3.05) is 13.2 Å². The fourth-order valence-corrected chi connectivity index (χ4v) is 9.32. The minimum Gasteiger partial charge on any atom is -0.444 e. The lowest BCUT2D eigenvalue weighted by molar-refractivity contribution is -0.199. The molecular formula is C39H60BN5O8. The van der Waals surface area contributed by atoms with Crippen LogP contribution >= 0.6 is 0 Å². The summed E-state index contributed by atoms with van der Waals surface area (Å²) >= 11 is 0. The number of likely N-dealkylation sites (tertiary alicyclic amines) is 1. The van der Waals surface area contributed by atoms with E-state index in [-0.39, 0.29) is 37.0 Å². The number of nitrogens with one attached hydrogen (secondary N) is 3. The van der Waals surface area contributed by atoms with Gasteiger partial charge in [-0.3, -0.25) is 14.5 Å². The fraction of sp³-hybridized carbons (Fsp3) is 0.744. The lowest BCUT2D eigenvalue weighted by Crippen LogP contribution is -2.65. The molecule has 0 unspecified atom stereocenters. The van der Waals surface area contributed by atoms with Crippen molar-refractivity contribution >= 4 is 31.1 Å². The summed E-state index contributed by atoms with van der Waals surface area (Å²) in [6.45, 7) is 18.2. The first-order chi connectivity index (χ1) is 24.8. The summed E-state index contributed by atoms with van der Waals surface area (Å²) in [6, 6.07) is 5.20. The Morgan fingerprint density at radius 2 is 1.68 bits per heavy atom. The normalized spacial score (nSPS) is 29.8. The van der Waals surface area contributed by atoms with Crippen molar-refractivity contribution < 1.29 is 38.3 Å². The molecule has 14 heteroatoms. The molecule has 5 amide bonds. The second kappa shape index (κ2) is 14.4. The number of carbonyl (C=O) groups is 4. The van der Waals surface area contributed by atoms with Crippen molar-refractivity contribution in [3.63, 3.8) is 0 Å². The van der Waals surface area contributed by atoms with E-state index in [1.165, 1.54) is 4.90 Å². The molecule has 3 heterocycles. The standard InChI is InChI=1S/C39H60BN5O8/c1-10-13-30(40-52-29-17-25-16-28(38(25,7)8)39(29,9)53-40)41-32(47)27-18-26(51-35(50)44-19-23-14-11-12-15-24(23)20-44)21-45(27)33(48)31(36(2,3)4)42-34(49)43-37(5,6)22-46/h11-12,14-15,25-31,46H,10,13,16-22H2,1-9H3,(H,41,47)(H2,42,43,49)/t25-,26-,27+,28-,29-,30+,31-,39+/m1/s1. The first-order valence-electron chi connectivity index (χ1n) is 19.4. The van der Waals surface area contributed by atoms with Gasteiger partial charge in [-0.05, 0) is 73.8 Å². The number of hydrogen-bond acceptors (Lipinski definition) is 8. The monoisotopic (exact) mass is 737 g/mol. The third kappa shape index (κ3) is 7.65. The molecule has 7 rings (SSSR count). The van der Waals surface area contributed by atoms with E-state index in [9.17, 15) is 24.3 Å². The highest BCUT2D eigenvalue weighted by Crippen LogP contribution is 2.65. The summed E-state index contributed by atoms with van der Waals surface area (Å²) in [5.41, 5.74) is 0.151. The van der Waals surface area contributed by atoms with Crippen molar-refractivity contribution in [3.8, 4) is 0 Å². The summed E-state index contributed by atoms with van der Waals surface area (Å²) in [5.74, 6) is -0.367. The maximum atomic E-state index is 14.5. The predicted molar refractivity (Wildman–Crippen MR) is 199 cm³/mol. The molecule has 13 nitrogen and oxygen atoms in total. The molecule has 0 aromatic heterocycles. The maximum absolute atomic E-state index is 14.5. The van der Waals surface area contributed by atoms with Crippen molar-refractivity contribution in [2.24, 2.45) is 22.7 Å². The van der Waals surface area contributed by atoms with E-state index in [2.05, 4.69) is 36.7 Å². The van der Waals surface area contributed by atoms with Crippen molar-refractivity contribution in [1.29, 1.82) is 0 Å². The molecule has 8 atom stereocenters. The number of ether oxygens (including phenoxy) is 1. The molecule has 0 radical (unpaired) electrons. The second-order valence-electron chi connectivity index (χ2n) is 18.6. The Kier molecular flexibility index (Phi) is 10.7. The number of carbonyl (C=O) groups excluding carboxylic acids is 4. The van der Waals surface area contributed by atoms with E-state index in [1.54, 1.807) is 18.7 Å². The van der Waals surface area contributed by atoms with Gasteiger partial charge in [-0.2, -0.15) is 0 Å². The van der Waals surface area contributed by atoms with Gasteiger partial charge < -0.3 is 40.0 Å². The zero-order valence-electron chi connectivity index (χ0n) is 33.0. The molecule has 1 aromatic carbocycles. The number of nitrogens with zero attached hydrogens (tertiary/aromatic N) is 2. The molecule has 3 aliphatic carbocycles. The quantitative estimate of drug-likeness (QED) is 0.261. The molecule has 6 aliphatic rings. The van der Waals surface area contributed by atoms with Gasteiger partial charge in [0.25, 0.3) is 0 Å². The highest BCUT2D eigenvalue weighted by atomic mass is 16.7. The Balaban J connectivity index is 1.21. The van der Waals surface area contributed by atoms with E-state index in [4.69, 9.17) is 14.0 Å². The van der Waals surface area contributed by atoms with Crippen LogP contribution in [0.4, 0.5) is 9.59 Å².